The van der Waals surface area contributed by atoms with Crippen molar-refractivity contribution >= 4 is 22.6 Å². The monoisotopic (exact) mass is 286 g/mol. The fourth-order valence-electron chi connectivity index (χ4n) is 0.532. The molecule has 0 bridgehead atoms. The largest absolute Gasteiger partial charge is 0.243 e. The maximum absolute atomic E-state index is 12.4. The molecule has 1 aromatic heterocycles. The molecule has 0 atom stereocenters. The Kier molecular flexibility index (Phi) is 10.8. The summed E-state index contributed by atoms with van der Waals surface area (Å²) in [6.07, 6.45) is 1.50. The Bertz CT molecular complexity index is 179. The normalized spacial score (nSPS) is 7.58. The van der Waals surface area contributed by atoms with Crippen LogP contribution in [0, 0.1) is 12.9 Å². The zero-order chi connectivity index (χ0) is 10.1. The van der Waals surface area contributed by atoms with Gasteiger partial charge in [0.2, 0.25) is 5.95 Å². The Morgan fingerprint density at radius 2 is 1.83 bits per heavy atom. The number of aryl methyl sites for hydroxylation is 2. The average molecular weight is 286 g/mol. The van der Waals surface area contributed by atoms with Gasteiger partial charge in [0, 0.05) is 12.6 Å². The molecule has 2 nitrogen and oxygen atoms in total. The molecule has 0 N–H and O–H groups in total. The molecule has 0 aliphatic rings. The molecule has 4 heteroatoms. The number of hydrogen-bond donors (Lipinski definition) is 0. The summed E-state index contributed by atoms with van der Waals surface area (Å²) in [6.45, 7) is 5.68. The highest BCUT2D eigenvalue weighted by Crippen LogP contribution is 2.00. The zero-order valence-electron chi connectivity index (χ0n) is 8.23. The molecule has 0 spiro atoms. The maximum Gasteiger partial charge on any atom is 0.214 e. The second-order valence-electron chi connectivity index (χ2n) is 1.74. The molecule has 0 saturated carbocycles. The molecule has 12 heavy (non-hydrogen) atoms. The Morgan fingerprint density at radius 1 is 1.42 bits per heavy atom. The van der Waals surface area contributed by atoms with Crippen molar-refractivity contribution in [1.82, 2.24) is 9.78 Å². The summed E-state index contributed by atoms with van der Waals surface area (Å²) < 4.78 is 13.6. The van der Waals surface area contributed by atoms with Gasteiger partial charge in [0.25, 0.3) is 0 Å². The number of nitrogens with zero attached hydrogens (tertiary/aromatic N) is 2. The van der Waals surface area contributed by atoms with Gasteiger partial charge in [-0.15, -0.1) is 0 Å². The van der Waals surface area contributed by atoms with Crippen molar-refractivity contribution in [3.05, 3.63) is 17.7 Å². The number of rotatable bonds is 0. The van der Waals surface area contributed by atoms with E-state index in [-0.39, 0.29) is 5.95 Å². The van der Waals surface area contributed by atoms with Crippen molar-refractivity contribution in [3.63, 3.8) is 0 Å². The van der Waals surface area contributed by atoms with E-state index in [2.05, 4.69) is 27.7 Å². The summed E-state index contributed by atoms with van der Waals surface area (Å²) in [4.78, 5) is 1.97. The molecule has 1 heterocycles. The molecule has 0 unspecified atom stereocenters. The summed E-state index contributed by atoms with van der Waals surface area (Å²) in [5.74, 6) is -0.259. The van der Waals surface area contributed by atoms with E-state index in [4.69, 9.17) is 0 Å². The van der Waals surface area contributed by atoms with E-state index in [1.165, 1.54) is 10.9 Å². The van der Waals surface area contributed by atoms with Gasteiger partial charge in [-0.2, -0.15) is 9.49 Å². The van der Waals surface area contributed by atoms with Crippen LogP contribution in [0.3, 0.4) is 0 Å². The molecular formula is C8H16FIN2. The fourth-order valence-corrected chi connectivity index (χ4v) is 0.532. The van der Waals surface area contributed by atoms with Crippen molar-refractivity contribution in [2.75, 3.05) is 4.93 Å². The number of aromatic nitrogens is 2. The lowest BCUT2D eigenvalue weighted by Gasteiger charge is -1.86. The minimum Gasteiger partial charge on any atom is -0.243 e. The highest BCUT2D eigenvalue weighted by atomic mass is 127. The first-order valence-corrected chi connectivity index (χ1v) is 5.89. The van der Waals surface area contributed by atoms with E-state index in [1.54, 1.807) is 14.0 Å². The Balaban J connectivity index is 0. The zero-order valence-corrected chi connectivity index (χ0v) is 10.4. The fraction of sp³-hybridized carbons (Fsp3) is 0.625. The predicted molar refractivity (Wildman–Crippen MR) is 59.2 cm³/mol. The van der Waals surface area contributed by atoms with Crippen LogP contribution in [0.4, 0.5) is 4.39 Å². The van der Waals surface area contributed by atoms with E-state index >= 15 is 0 Å². The minimum atomic E-state index is -0.259. The molecule has 0 aliphatic carbocycles. The van der Waals surface area contributed by atoms with Crippen LogP contribution in [0.2, 0.25) is 0 Å². The highest BCUT2D eigenvalue weighted by Gasteiger charge is 1.98. The van der Waals surface area contributed by atoms with Gasteiger partial charge in [-0.25, -0.2) is 4.68 Å². The third-order valence-electron chi connectivity index (χ3n) is 1.03. The minimum absolute atomic E-state index is 0.259. The Labute approximate surface area is 87.3 Å². The van der Waals surface area contributed by atoms with E-state index in [9.17, 15) is 4.39 Å². The van der Waals surface area contributed by atoms with Gasteiger partial charge in [0.1, 0.15) is 0 Å². The summed E-state index contributed by atoms with van der Waals surface area (Å²) in [5.41, 5.74) is 0.590. The van der Waals surface area contributed by atoms with E-state index in [0.717, 1.165) is 0 Å². The molecule has 72 valence electrons. The first-order chi connectivity index (χ1) is 5.72. The average Bonchev–Trinajstić information content (AvgIpc) is 2.43. The van der Waals surface area contributed by atoms with Gasteiger partial charge in [-0.1, -0.05) is 36.4 Å². The standard InChI is InChI=1S/C5H7FN2.C2H6.CH3I/c1-4-3-7-8(2)5(4)6;2*1-2/h3H,1-2H3;1-2H3;1H3. The van der Waals surface area contributed by atoms with Gasteiger partial charge < -0.3 is 0 Å². The van der Waals surface area contributed by atoms with Crippen molar-refractivity contribution in [2.24, 2.45) is 7.05 Å². The summed E-state index contributed by atoms with van der Waals surface area (Å²) >= 11 is 2.15. The quantitative estimate of drug-likeness (QED) is 0.529. The first-order valence-electron chi connectivity index (χ1n) is 3.73. The van der Waals surface area contributed by atoms with Crippen LogP contribution < -0.4 is 0 Å². The molecule has 0 fully saturated rings. The lowest BCUT2D eigenvalue weighted by atomic mass is 10.4. The molecule has 1 rings (SSSR count). The van der Waals surface area contributed by atoms with Crippen LogP contribution in [0.5, 0.6) is 0 Å². The van der Waals surface area contributed by atoms with Crippen molar-refractivity contribution in [3.8, 4) is 0 Å². The Hall–Kier alpha value is -0.130. The SMILES string of the molecule is CC.CI.Cc1cnn(C)c1F. The van der Waals surface area contributed by atoms with Gasteiger partial charge in [-0.3, -0.25) is 0 Å². The lowest BCUT2D eigenvalue weighted by Crippen LogP contribution is -1.93. The Morgan fingerprint density at radius 3 is 1.92 bits per heavy atom. The topological polar surface area (TPSA) is 17.8 Å². The highest BCUT2D eigenvalue weighted by molar-refractivity contribution is 14.1. The molecular weight excluding hydrogens is 270 g/mol. The van der Waals surface area contributed by atoms with E-state index in [1.807, 2.05) is 18.8 Å². The molecule has 0 aliphatic heterocycles. The first kappa shape index (κ1) is 14.4. The second kappa shape index (κ2) is 8.96. The van der Waals surface area contributed by atoms with Crippen molar-refractivity contribution in [1.29, 1.82) is 0 Å². The van der Waals surface area contributed by atoms with Gasteiger partial charge in [-0.05, 0) is 11.9 Å². The van der Waals surface area contributed by atoms with Crippen LogP contribution in [0.25, 0.3) is 0 Å². The van der Waals surface area contributed by atoms with Crippen molar-refractivity contribution < 1.29 is 4.39 Å². The number of alkyl halides is 1. The molecule has 0 saturated heterocycles. The summed E-state index contributed by atoms with van der Waals surface area (Å²) in [5, 5.41) is 3.66. The van der Waals surface area contributed by atoms with Gasteiger partial charge >= 0.3 is 0 Å². The van der Waals surface area contributed by atoms with Gasteiger partial charge in [0.05, 0.1) is 6.20 Å². The lowest BCUT2D eigenvalue weighted by molar-refractivity contribution is 0.499. The van der Waals surface area contributed by atoms with Crippen LogP contribution in [-0.2, 0) is 7.05 Å². The number of hydrogen-bond acceptors (Lipinski definition) is 1. The van der Waals surface area contributed by atoms with E-state index < -0.39 is 0 Å². The van der Waals surface area contributed by atoms with Crippen LogP contribution in [0.1, 0.15) is 19.4 Å². The third-order valence-corrected chi connectivity index (χ3v) is 1.03. The van der Waals surface area contributed by atoms with Crippen molar-refractivity contribution in [2.45, 2.75) is 20.8 Å². The second-order valence-corrected chi connectivity index (χ2v) is 1.74. The molecule has 0 amide bonds. The van der Waals surface area contributed by atoms with Crippen LogP contribution in [0.15, 0.2) is 6.20 Å². The van der Waals surface area contributed by atoms with Crippen LogP contribution in [-0.4, -0.2) is 14.7 Å². The van der Waals surface area contributed by atoms with Gasteiger partial charge in [0.15, 0.2) is 0 Å². The smallest absolute Gasteiger partial charge is 0.214 e. The maximum atomic E-state index is 12.4. The molecule has 0 radical (unpaired) electrons. The molecule has 1 aromatic rings. The third kappa shape index (κ3) is 4.69. The van der Waals surface area contributed by atoms with E-state index in [0.29, 0.717) is 5.56 Å². The summed E-state index contributed by atoms with van der Waals surface area (Å²) in [6, 6.07) is 0. The predicted octanol–water partition coefficient (Wildman–Crippen LogP) is 2.95. The van der Waals surface area contributed by atoms with Crippen LogP contribution >= 0.6 is 22.6 Å². The number of halogens is 2. The summed E-state index contributed by atoms with van der Waals surface area (Å²) in [7, 11) is 1.57. The molecule has 0 aromatic carbocycles.